The van der Waals surface area contributed by atoms with Crippen LogP contribution in [0.15, 0.2) is 42.5 Å². The van der Waals surface area contributed by atoms with Gasteiger partial charge in [-0.05, 0) is 30.2 Å². The van der Waals surface area contributed by atoms with Gasteiger partial charge in [-0.25, -0.2) is 0 Å². The molecule has 0 aromatic heterocycles. The highest BCUT2D eigenvalue weighted by atomic mass is 16.5. The quantitative estimate of drug-likeness (QED) is 0.593. The van der Waals surface area contributed by atoms with Crippen molar-refractivity contribution in [3.63, 3.8) is 0 Å². The lowest BCUT2D eigenvalue weighted by Crippen LogP contribution is -2.47. The van der Waals surface area contributed by atoms with Crippen molar-refractivity contribution in [3.8, 4) is 17.2 Å². The van der Waals surface area contributed by atoms with Gasteiger partial charge in [0, 0.05) is 11.5 Å². The summed E-state index contributed by atoms with van der Waals surface area (Å²) >= 11 is 0. The number of hydrogen-bond acceptors (Lipinski definition) is 6. The molecular formula is C20H24BNO6. The van der Waals surface area contributed by atoms with Crippen LogP contribution in [0.4, 0.5) is 0 Å². The molecular weight excluding hydrogens is 361 g/mol. The number of rotatable bonds is 8. The molecule has 0 saturated heterocycles. The van der Waals surface area contributed by atoms with Crippen molar-refractivity contribution < 1.29 is 29.1 Å². The summed E-state index contributed by atoms with van der Waals surface area (Å²) in [6, 6.07) is 12.8. The first-order chi connectivity index (χ1) is 13.5. The third-order valence-electron chi connectivity index (χ3n) is 4.87. The predicted molar refractivity (Wildman–Crippen MR) is 105 cm³/mol. The van der Waals surface area contributed by atoms with Crippen LogP contribution in [0.2, 0.25) is 0 Å². The highest BCUT2D eigenvalue weighted by molar-refractivity contribution is 6.43. The molecule has 7 nitrogen and oxygen atoms in total. The molecule has 8 heteroatoms. The first-order valence-corrected chi connectivity index (χ1v) is 9.10. The maximum absolute atomic E-state index is 12.4. The van der Waals surface area contributed by atoms with Gasteiger partial charge in [-0.2, -0.15) is 0 Å². The fourth-order valence-corrected chi connectivity index (χ4v) is 3.39. The molecule has 1 aliphatic rings. The van der Waals surface area contributed by atoms with Crippen molar-refractivity contribution in [1.29, 1.82) is 0 Å². The van der Waals surface area contributed by atoms with Crippen LogP contribution >= 0.6 is 0 Å². The maximum atomic E-state index is 12.4. The number of carbonyl (C=O) groups is 1. The third-order valence-corrected chi connectivity index (χ3v) is 4.87. The van der Waals surface area contributed by atoms with Crippen molar-refractivity contribution in [1.82, 2.24) is 5.32 Å². The smallest absolute Gasteiger partial charge is 0.475 e. The van der Waals surface area contributed by atoms with Crippen LogP contribution in [-0.4, -0.2) is 49.8 Å². The van der Waals surface area contributed by atoms with E-state index in [0.717, 1.165) is 11.1 Å². The Morgan fingerprint density at radius 1 is 1.21 bits per heavy atom. The van der Waals surface area contributed by atoms with Crippen molar-refractivity contribution >= 4 is 13.0 Å². The van der Waals surface area contributed by atoms with E-state index in [1.807, 2.05) is 18.2 Å². The number of fused-ring (bicyclic) bond motifs is 1. The average molecular weight is 385 g/mol. The van der Waals surface area contributed by atoms with Crippen molar-refractivity contribution in [3.05, 3.63) is 53.6 Å². The summed E-state index contributed by atoms with van der Waals surface area (Å²) in [5.74, 6) is 0.862. The van der Waals surface area contributed by atoms with Crippen LogP contribution < -0.4 is 19.5 Å². The molecule has 3 rings (SSSR count). The molecule has 1 amide bonds. The van der Waals surface area contributed by atoms with Crippen LogP contribution in [0.5, 0.6) is 17.2 Å². The minimum absolute atomic E-state index is 0.0711. The van der Waals surface area contributed by atoms with Gasteiger partial charge < -0.3 is 29.6 Å². The Hall–Kier alpha value is -2.71. The van der Waals surface area contributed by atoms with Gasteiger partial charge in [0.1, 0.15) is 5.75 Å². The van der Waals surface area contributed by atoms with Gasteiger partial charge in [0.15, 0.2) is 11.5 Å². The zero-order valence-electron chi connectivity index (χ0n) is 15.9. The molecule has 0 radical (unpaired) electrons. The summed E-state index contributed by atoms with van der Waals surface area (Å²) < 4.78 is 16.1. The molecule has 2 aromatic carbocycles. The van der Waals surface area contributed by atoms with Gasteiger partial charge in [-0.1, -0.05) is 24.3 Å². The number of benzene rings is 2. The molecule has 1 heterocycles. The van der Waals surface area contributed by atoms with Gasteiger partial charge in [0.25, 0.3) is 0 Å². The summed E-state index contributed by atoms with van der Waals surface area (Å²) in [5, 5.41) is 22.2. The van der Waals surface area contributed by atoms with Gasteiger partial charge >= 0.3 is 7.12 Å². The molecule has 28 heavy (non-hydrogen) atoms. The fourth-order valence-electron chi connectivity index (χ4n) is 3.39. The summed E-state index contributed by atoms with van der Waals surface area (Å²) in [5.41, 5.74) is 1.75. The van der Waals surface area contributed by atoms with E-state index in [0.29, 0.717) is 30.3 Å². The number of ether oxygens (including phenoxy) is 3. The van der Waals surface area contributed by atoms with Gasteiger partial charge in [0.2, 0.25) is 5.91 Å². The van der Waals surface area contributed by atoms with E-state index in [1.54, 1.807) is 38.5 Å². The van der Waals surface area contributed by atoms with Crippen molar-refractivity contribution in [2.24, 2.45) is 0 Å². The molecule has 0 saturated carbocycles. The number of hydrogen-bond donors (Lipinski definition) is 3. The van der Waals surface area contributed by atoms with E-state index in [4.69, 9.17) is 14.2 Å². The van der Waals surface area contributed by atoms with E-state index in [-0.39, 0.29) is 18.2 Å². The molecule has 0 fully saturated rings. The van der Waals surface area contributed by atoms with Gasteiger partial charge in [-0.3, -0.25) is 4.79 Å². The average Bonchev–Trinajstić information content (AvgIpc) is 3.11. The monoisotopic (exact) mass is 385 g/mol. The zero-order valence-corrected chi connectivity index (χ0v) is 15.9. The number of amides is 1. The maximum Gasteiger partial charge on any atom is 0.475 e. The Kier molecular flexibility index (Phi) is 6.43. The summed E-state index contributed by atoms with van der Waals surface area (Å²) in [6.07, 6.45) is 0.477. The number of methoxy groups -OCH3 is 2. The molecule has 0 aliphatic carbocycles. The number of carbonyl (C=O) groups excluding carboxylic acids is 1. The van der Waals surface area contributed by atoms with E-state index >= 15 is 0 Å². The Morgan fingerprint density at radius 3 is 2.61 bits per heavy atom. The Balaban J connectivity index is 1.64. The van der Waals surface area contributed by atoms with Crippen LogP contribution in [0.3, 0.4) is 0 Å². The minimum atomic E-state index is -1.67. The largest absolute Gasteiger partial charge is 0.497 e. The van der Waals surface area contributed by atoms with E-state index in [2.05, 4.69) is 5.32 Å². The third kappa shape index (κ3) is 4.58. The topological polar surface area (TPSA) is 97.3 Å². The second kappa shape index (κ2) is 8.99. The molecule has 0 spiro atoms. The summed E-state index contributed by atoms with van der Waals surface area (Å²) in [7, 11) is 1.48. The van der Waals surface area contributed by atoms with Gasteiger partial charge in [0.05, 0.1) is 33.2 Å². The Morgan fingerprint density at radius 2 is 1.96 bits per heavy atom. The second-order valence-electron chi connectivity index (χ2n) is 6.73. The molecule has 148 valence electrons. The number of para-hydroxylation sites is 1. The normalized spacial score (nSPS) is 15.9. The molecule has 1 aliphatic heterocycles. The highest BCUT2D eigenvalue weighted by Crippen LogP contribution is 2.42. The lowest BCUT2D eigenvalue weighted by Gasteiger charge is -2.21. The van der Waals surface area contributed by atoms with Crippen LogP contribution in [0.1, 0.15) is 23.5 Å². The summed E-state index contributed by atoms with van der Waals surface area (Å²) in [4.78, 5) is 12.4. The molecule has 2 aromatic rings. The molecule has 1 unspecified atom stereocenters. The van der Waals surface area contributed by atoms with E-state index < -0.39 is 13.1 Å². The molecule has 2 atom stereocenters. The highest BCUT2D eigenvalue weighted by Gasteiger charge is 2.34. The lowest BCUT2D eigenvalue weighted by molar-refractivity contribution is -0.120. The molecule has 3 N–H and O–H groups in total. The lowest BCUT2D eigenvalue weighted by atomic mass is 9.73. The minimum Gasteiger partial charge on any atom is -0.497 e. The Bertz CT molecular complexity index is 811. The molecule has 0 bridgehead atoms. The zero-order chi connectivity index (χ0) is 20.1. The predicted octanol–water partition coefficient (Wildman–Crippen LogP) is 1.31. The SMILES string of the molecule is COc1ccc(CC(=O)NC(C[C@@H]2COc3c(OC)cccc32)B(O)O)cc1. The second-order valence-corrected chi connectivity index (χ2v) is 6.73. The van der Waals surface area contributed by atoms with E-state index in [1.165, 1.54) is 0 Å². The van der Waals surface area contributed by atoms with Gasteiger partial charge in [-0.15, -0.1) is 0 Å². The standard InChI is InChI=1S/C20H24BNO6/c1-26-15-8-6-13(7-9-15)10-19(23)22-18(21(24)25)11-14-12-28-20-16(14)4-3-5-17(20)27-2/h3-9,14,18,24-25H,10-12H2,1-2H3,(H,22,23)/t14-,18?/m1/s1. The van der Waals surface area contributed by atoms with E-state index in [9.17, 15) is 14.8 Å². The van der Waals surface area contributed by atoms with Crippen LogP contribution in [-0.2, 0) is 11.2 Å². The van der Waals surface area contributed by atoms with Crippen LogP contribution in [0, 0.1) is 0 Å². The summed E-state index contributed by atoms with van der Waals surface area (Å²) in [6.45, 7) is 0.396. The number of nitrogens with one attached hydrogen (secondary N) is 1. The first-order valence-electron chi connectivity index (χ1n) is 9.10. The van der Waals surface area contributed by atoms with Crippen molar-refractivity contribution in [2.45, 2.75) is 24.7 Å². The fraction of sp³-hybridized carbons (Fsp3) is 0.350. The van der Waals surface area contributed by atoms with Crippen molar-refractivity contribution in [2.75, 3.05) is 20.8 Å². The first kappa shape index (κ1) is 20.0. The Labute approximate surface area is 164 Å². The van der Waals surface area contributed by atoms with Crippen LogP contribution in [0.25, 0.3) is 0 Å².